The van der Waals surface area contributed by atoms with Gasteiger partial charge < -0.3 is 5.32 Å². The first-order valence-electron chi connectivity index (χ1n) is 7.38. The van der Waals surface area contributed by atoms with Gasteiger partial charge in [0.15, 0.2) is 5.16 Å². The molecule has 0 aliphatic carbocycles. The highest BCUT2D eigenvalue weighted by Gasteiger charge is 2.10. The lowest BCUT2D eigenvalue weighted by Crippen LogP contribution is -2.14. The summed E-state index contributed by atoms with van der Waals surface area (Å²) < 4.78 is 15.1. The third-order valence-corrected chi connectivity index (χ3v) is 4.27. The molecule has 0 saturated carbocycles. The van der Waals surface area contributed by atoms with Gasteiger partial charge in [-0.3, -0.25) is 9.36 Å². The van der Waals surface area contributed by atoms with E-state index in [1.165, 1.54) is 23.9 Å². The molecule has 0 aliphatic rings. The van der Waals surface area contributed by atoms with E-state index in [1.807, 2.05) is 6.07 Å². The minimum absolute atomic E-state index is 0.142. The number of thioether (sulfide) groups is 1. The van der Waals surface area contributed by atoms with Crippen molar-refractivity contribution in [2.75, 3.05) is 11.1 Å². The Labute approximate surface area is 148 Å². The predicted molar refractivity (Wildman–Crippen MR) is 94.0 cm³/mol. The number of imidazole rings is 1. The molecule has 3 rings (SSSR count). The minimum Gasteiger partial charge on any atom is -0.325 e. The van der Waals surface area contributed by atoms with Crippen LogP contribution in [0, 0.1) is 17.1 Å². The van der Waals surface area contributed by atoms with E-state index in [0.717, 1.165) is 0 Å². The quantitative estimate of drug-likeness (QED) is 0.712. The van der Waals surface area contributed by atoms with Crippen LogP contribution in [0.2, 0.25) is 0 Å². The standard InChI is InChI=1S/C18H13FN4OS/c19-14-4-2-6-16(10-14)23-8-7-21-18(23)25-12-17(24)22-15-5-1-3-13(9-15)11-20/h1-10H,12H2,(H,22,24). The molecule has 0 atom stereocenters. The minimum atomic E-state index is -0.336. The zero-order chi connectivity index (χ0) is 17.6. The first kappa shape index (κ1) is 16.7. The zero-order valence-corrected chi connectivity index (χ0v) is 13.8. The van der Waals surface area contributed by atoms with Crippen LogP contribution in [0.5, 0.6) is 0 Å². The van der Waals surface area contributed by atoms with Gasteiger partial charge in [0.25, 0.3) is 0 Å². The molecule has 0 fully saturated rings. The van der Waals surface area contributed by atoms with Gasteiger partial charge in [0.2, 0.25) is 5.91 Å². The van der Waals surface area contributed by atoms with Crippen LogP contribution in [0.3, 0.4) is 0 Å². The Kier molecular flexibility index (Phi) is 5.11. The molecule has 2 aromatic carbocycles. The average Bonchev–Trinajstić information content (AvgIpc) is 3.09. The Morgan fingerprint density at radius 2 is 2.12 bits per heavy atom. The highest BCUT2D eigenvalue weighted by molar-refractivity contribution is 7.99. The van der Waals surface area contributed by atoms with Gasteiger partial charge in [-0.05, 0) is 36.4 Å². The summed E-state index contributed by atoms with van der Waals surface area (Å²) in [5.74, 6) is -0.408. The van der Waals surface area contributed by atoms with Crippen LogP contribution in [-0.4, -0.2) is 21.2 Å². The number of hydrogen-bond acceptors (Lipinski definition) is 4. The molecular weight excluding hydrogens is 339 g/mol. The normalized spacial score (nSPS) is 10.2. The fraction of sp³-hybridized carbons (Fsp3) is 0.0556. The second kappa shape index (κ2) is 7.64. The molecule has 1 heterocycles. The summed E-state index contributed by atoms with van der Waals surface area (Å²) in [4.78, 5) is 16.3. The number of rotatable bonds is 5. The molecule has 0 saturated heterocycles. The molecule has 0 radical (unpaired) electrons. The number of nitriles is 1. The number of halogens is 1. The first-order chi connectivity index (χ1) is 12.2. The van der Waals surface area contributed by atoms with E-state index in [0.29, 0.717) is 22.1 Å². The predicted octanol–water partition coefficient (Wildman–Crippen LogP) is 3.61. The van der Waals surface area contributed by atoms with Crippen molar-refractivity contribution in [3.8, 4) is 11.8 Å². The van der Waals surface area contributed by atoms with Crippen molar-refractivity contribution in [2.24, 2.45) is 0 Å². The average molecular weight is 352 g/mol. The number of nitrogens with zero attached hydrogens (tertiary/aromatic N) is 3. The first-order valence-corrected chi connectivity index (χ1v) is 8.36. The molecular formula is C18H13FN4OS. The van der Waals surface area contributed by atoms with Crippen molar-refractivity contribution in [1.82, 2.24) is 9.55 Å². The highest BCUT2D eigenvalue weighted by Crippen LogP contribution is 2.21. The number of amides is 1. The maximum absolute atomic E-state index is 13.4. The third kappa shape index (κ3) is 4.25. The van der Waals surface area contributed by atoms with Crippen LogP contribution in [0.25, 0.3) is 5.69 Å². The van der Waals surface area contributed by atoms with Crippen molar-refractivity contribution in [3.63, 3.8) is 0 Å². The highest BCUT2D eigenvalue weighted by atomic mass is 32.2. The lowest BCUT2D eigenvalue weighted by molar-refractivity contribution is -0.113. The van der Waals surface area contributed by atoms with Gasteiger partial charge in [0.05, 0.1) is 23.1 Å². The van der Waals surface area contributed by atoms with Crippen LogP contribution < -0.4 is 5.32 Å². The molecule has 1 amide bonds. The molecule has 7 heteroatoms. The van der Waals surface area contributed by atoms with Crippen LogP contribution in [-0.2, 0) is 4.79 Å². The van der Waals surface area contributed by atoms with Crippen molar-refractivity contribution in [2.45, 2.75) is 5.16 Å². The summed E-state index contributed by atoms with van der Waals surface area (Å²) in [6, 6.07) is 14.9. The summed E-state index contributed by atoms with van der Waals surface area (Å²) in [5.41, 5.74) is 1.69. The smallest absolute Gasteiger partial charge is 0.234 e. The fourth-order valence-electron chi connectivity index (χ4n) is 2.21. The molecule has 124 valence electrons. The van der Waals surface area contributed by atoms with Crippen molar-refractivity contribution in [1.29, 1.82) is 5.26 Å². The third-order valence-electron chi connectivity index (χ3n) is 3.30. The summed E-state index contributed by atoms with van der Waals surface area (Å²) in [6.45, 7) is 0. The molecule has 0 unspecified atom stereocenters. The lowest BCUT2D eigenvalue weighted by Gasteiger charge is -2.08. The molecule has 25 heavy (non-hydrogen) atoms. The zero-order valence-electron chi connectivity index (χ0n) is 13.0. The summed E-state index contributed by atoms with van der Waals surface area (Å²) in [5, 5.41) is 12.2. The SMILES string of the molecule is N#Cc1cccc(NC(=O)CSc2nccn2-c2cccc(F)c2)c1. The monoisotopic (exact) mass is 352 g/mol. The Balaban J connectivity index is 1.65. The van der Waals surface area contributed by atoms with E-state index < -0.39 is 0 Å². The number of anilines is 1. The van der Waals surface area contributed by atoms with Crippen LogP contribution >= 0.6 is 11.8 Å². The molecule has 1 aromatic heterocycles. The number of carbonyl (C=O) groups excluding carboxylic acids is 1. The molecule has 3 aromatic rings. The van der Waals surface area contributed by atoms with Gasteiger partial charge in [-0.15, -0.1) is 0 Å². The Hall–Kier alpha value is -3.11. The lowest BCUT2D eigenvalue weighted by atomic mass is 10.2. The summed E-state index contributed by atoms with van der Waals surface area (Å²) >= 11 is 1.24. The van der Waals surface area contributed by atoms with E-state index in [4.69, 9.17) is 5.26 Å². The van der Waals surface area contributed by atoms with Crippen molar-refractivity contribution < 1.29 is 9.18 Å². The number of benzene rings is 2. The number of nitrogens with one attached hydrogen (secondary N) is 1. The summed E-state index contributed by atoms with van der Waals surface area (Å²) in [6.07, 6.45) is 3.31. The molecule has 0 aliphatic heterocycles. The van der Waals surface area contributed by atoms with E-state index in [2.05, 4.69) is 10.3 Å². The number of aromatic nitrogens is 2. The Bertz CT molecular complexity index is 948. The topological polar surface area (TPSA) is 70.7 Å². The fourth-order valence-corrected chi connectivity index (χ4v) is 2.99. The molecule has 5 nitrogen and oxygen atoms in total. The second-order valence-corrected chi connectivity index (χ2v) is 6.03. The van der Waals surface area contributed by atoms with Crippen molar-refractivity contribution in [3.05, 3.63) is 72.3 Å². The van der Waals surface area contributed by atoms with Gasteiger partial charge in [-0.1, -0.05) is 23.9 Å². The van der Waals surface area contributed by atoms with Crippen LogP contribution in [0.4, 0.5) is 10.1 Å². The molecule has 0 spiro atoms. The Morgan fingerprint density at radius 3 is 2.92 bits per heavy atom. The molecule has 1 N–H and O–H groups in total. The second-order valence-electron chi connectivity index (χ2n) is 5.09. The van der Waals surface area contributed by atoms with E-state index in [-0.39, 0.29) is 17.5 Å². The van der Waals surface area contributed by atoms with Gasteiger partial charge in [0, 0.05) is 18.1 Å². The van der Waals surface area contributed by atoms with Crippen LogP contribution in [0.1, 0.15) is 5.56 Å². The summed E-state index contributed by atoms with van der Waals surface area (Å²) in [7, 11) is 0. The Morgan fingerprint density at radius 1 is 1.28 bits per heavy atom. The van der Waals surface area contributed by atoms with Crippen molar-refractivity contribution >= 4 is 23.4 Å². The number of carbonyl (C=O) groups is 1. The van der Waals surface area contributed by atoms with E-state index in [1.54, 1.807) is 53.4 Å². The molecule has 0 bridgehead atoms. The van der Waals surface area contributed by atoms with E-state index in [9.17, 15) is 9.18 Å². The van der Waals surface area contributed by atoms with Gasteiger partial charge in [-0.2, -0.15) is 5.26 Å². The maximum atomic E-state index is 13.4. The van der Waals surface area contributed by atoms with Gasteiger partial charge >= 0.3 is 0 Å². The maximum Gasteiger partial charge on any atom is 0.234 e. The van der Waals surface area contributed by atoms with Crippen LogP contribution in [0.15, 0.2) is 66.1 Å². The van der Waals surface area contributed by atoms with Gasteiger partial charge in [0.1, 0.15) is 5.82 Å². The number of hydrogen-bond donors (Lipinski definition) is 1. The van der Waals surface area contributed by atoms with E-state index >= 15 is 0 Å². The van der Waals surface area contributed by atoms with Gasteiger partial charge in [-0.25, -0.2) is 9.37 Å². The largest absolute Gasteiger partial charge is 0.325 e.